The molecule has 1 amide bonds. The molecule has 1 aliphatic heterocycles. The lowest BCUT2D eigenvalue weighted by atomic mass is 10.2. The molecule has 1 aliphatic rings. The zero-order chi connectivity index (χ0) is 13.0. The fraction of sp³-hybridized carbons (Fsp3) is 0.667. The molecular weight excluding hydrogens is 250 g/mol. The number of carbonyl (C=O) groups is 1. The van der Waals surface area contributed by atoms with Crippen LogP contribution in [0.1, 0.15) is 29.3 Å². The molecule has 0 aromatic carbocycles. The van der Waals surface area contributed by atoms with Crippen LogP contribution in [0.3, 0.4) is 0 Å². The number of rotatable bonds is 4. The topological polar surface area (TPSA) is 63.2 Å². The summed E-state index contributed by atoms with van der Waals surface area (Å²) in [5.41, 5.74) is 0. The normalized spacial score (nSPS) is 21.6. The average molecular weight is 269 g/mol. The number of aromatic nitrogens is 1. The summed E-state index contributed by atoms with van der Waals surface area (Å²) >= 11 is 1.61. The van der Waals surface area contributed by atoms with Crippen molar-refractivity contribution in [1.29, 1.82) is 0 Å². The number of nitrogens with one attached hydrogen (secondary N) is 2. The largest absolute Gasteiger partial charge is 0.375 e. The third-order valence-corrected chi connectivity index (χ3v) is 3.90. The number of morpholine rings is 1. The van der Waals surface area contributed by atoms with Crippen LogP contribution in [0.15, 0.2) is 6.20 Å². The van der Waals surface area contributed by atoms with E-state index in [0.717, 1.165) is 23.0 Å². The second kappa shape index (κ2) is 6.26. The molecule has 1 saturated heterocycles. The van der Waals surface area contributed by atoms with Gasteiger partial charge in [-0.1, -0.05) is 0 Å². The molecule has 1 fully saturated rings. The van der Waals surface area contributed by atoms with Crippen molar-refractivity contribution >= 4 is 17.2 Å². The minimum Gasteiger partial charge on any atom is -0.375 e. The van der Waals surface area contributed by atoms with E-state index < -0.39 is 0 Å². The highest BCUT2D eigenvalue weighted by Crippen LogP contribution is 2.19. The Bertz CT molecular complexity index is 402. The molecule has 2 atom stereocenters. The van der Waals surface area contributed by atoms with Gasteiger partial charge in [-0.3, -0.25) is 4.79 Å². The van der Waals surface area contributed by atoms with Crippen LogP contribution < -0.4 is 10.6 Å². The number of thiazole rings is 1. The van der Waals surface area contributed by atoms with Crippen molar-refractivity contribution in [3.8, 4) is 0 Å². The number of hydrogen-bond acceptors (Lipinski definition) is 5. The highest BCUT2D eigenvalue weighted by Gasteiger charge is 2.19. The molecule has 0 radical (unpaired) electrons. The molecule has 6 heteroatoms. The third-order valence-electron chi connectivity index (χ3n) is 2.80. The van der Waals surface area contributed by atoms with Crippen molar-refractivity contribution in [2.45, 2.75) is 32.4 Å². The molecule has 0 spiro atoms. The van der Waals surface area contributed by atoms with Gasteiger partial charge in [0.15, 0.2) is 0 Å². The molecule has 2 N–H and O–H groups in total. The number of aryl methyl sites for hydroxylation is 1. The molecule has 100 valence electrons. The summed E-state index contributed by atoms with van der Waals surface area (Å²) in [5.74, 6) is 0.0176. The first kappa shape index (κ1) is 13.5. The van der Waals surface area contributed by atoms with Crippen LogP contribution in [0.2, 0.25) is 0 Å². The smallest absolute Gasteiger partial charge is 0.223 e. The number of hydrogen-bond donors (Lipinski definition) is 2. The van der Waals surface area contributed by atoms with Gasteiger partial charge in [0.1, 0.15) is 5.01 Å². The van der Waals surface area contributed by atoms with Crippen molar-refractivity contribution in [2.75, 3.05) is 19.7 Å². The number of amides is 1. The molecule has 2 unspecified atom stereocenters. The Hall–Kier alpha value is -0.980. The van der Waals surface area contributed by atoms with Crippen LogP contribution in [0.4, 0.5) is 0 Å². The molecule has 0 aliphatic carbocycles. The van der Waals surface area contributed by atoms with Gasteiger partial charge in [-0.15, -0.1) is 11.3 Å². The number of carbonyl (C=O) groups excluding carboxylic acids is 1. The Morgan fingerprint density at radius 2 is 2.61 bits per heavy atom. The first-order valence-electron chi connectivity index (χ1n) is 6.19. The van der Waals surface area contributed by atoms with E-state index in [1.54, 1.807) is 11.3 Å². The van der Waals surface area contributed by atoms with E-state index in [-0.39, 0.29) is 18.1 Å². The third kappa shape index (κ3) is 3.76. The van der Waals surface area contributed by atoms with Gasteiger partial charge in [0.2, 0.25) is 5.91 Å². The summed E-state index contributed by atoms with van der Waals surface area (Å²) in [7, 11) is 0. The van der Waals surface area contributed by atoms with Crippen LogP contribution in [-0.2, 0) is 9.53 Å². The maximum Gasteiger partial charge on any atom is 0.223 e. The minimum absolute atomic E-state index is 0.0102. The predicted molar refractivity (Wildman–Crippen MR) is 70.6 cm³/mol. The Kier molecular flexibility index (Phi) is 4.68. The van der Waals surface area contributed by atoms with Crippen LogP contribution in [0, 0.1) is 6.92 Å². The van der Waals surface area contributed by atoms with Gasteiger partial charge < -0.3 is 15.4 Å². The Balaban J connectivity index is 1.79. The molecule has 1 aromatic rings. The summed E-state index contributed by atoms with van der Waals surface area (Å²) in [6, 6.07) is -0.0345. The van der Waals surface area contributed by atoms with Crippen LogP contribution >= 0.6 is 11.3 Å². The van der Waals surface area contributed by atoms with Gasteiger partial charge in [0.05, 0.1) is 25.2 Å². The molecule has 5 nitrogen and oxygen atoms in total. The second-order valence-corrected chi connectivity index (χ2v) is 5.77. The molecule has 0 saturated carbocycles. The number of nitrogens with zero attached hydrogens (tertiary/aromatic N) is 1. The monoisotopic (exact) mass is 269 g/mol. The highest BCUT2D eigenvalue weighted by molar-refractivity contribution is 7.11. The highest BCUT2D eigenvalue weighted by atomic mass is 32.1. The summed E-state index contributed by atoms with van der Waals surface area (Å²) in [4.78, 5) is 17.3. The standard InChI is InChI=1S/C12H19N3O2S/c1-8-6-14-12(18-8)9(2)15-11(16)5-10-7-13-3-4-17-10/h6,9-10,13H,3-5,7H2,1-2H3,(H,15,16). The Morgan fingerprint density at radius 1 is 1.78 bits per heavy atom. The van der Waals surface area contributed by atoms with Crippen LogP contribution in [0.25, 0.3) is 0 Å². The molecule has 2 heterocycles. The first-order chi connectivity index (χ1) is 8.65. The predicted octanol–water partition coefficient (Wildman–Crippen LogP) is 1.01. The van der Waals surface area contributed by atoms with Crippen LogP contribution in [-0.4, -0.2) is 36.7 Å². The van der Waals surface area contributed by atoms with E-state index >= 15 is 0 Å². The Labute approximate surface area is 111 Å². The number of ether oxygens (including phenoxy) is 1. The Morgan fingerprint density at radius 3 is 3.22 bits per heavy atom. The van der Waals surface area contributed by atoms with Gasteiger partial charge in [-0.05, 0) is 13.8 Å². The fourth-order valence-electron chi connectivity index (χ4n) is 1.89. The van der Waals surface area contributed by atoms with E-state index in [4.69, 9.17) is 4.74 Å². The second-order valence-electron chi connectivity index (χ2n) is 4.50. The zero-order valence-corrected chi connectivity index (χ0v) is 11.5. The first-order valence-corrected chi connectivity index (χ1v) is 7.01. The van der Waals surface area contributed by atoms with E-state index in [1.807, 2.05) is 20.0 Å². The average Bonchev–Trinajstić information content (AvgIpc) is 2.77. The molecule has 1 aromatic heterocycles. The van der Waals surface area contributed by atoms with Gasteiger partial charge in [-0.25, -0.2) is 4.98 Å². The van der Waals surface area contributed by atoms with E-state index in [9.17, 15) is 4.79 Å². The van der Waals surface area contributed by atoms with Gasteiger partial charge in [-0.2, -0.15) is 0 Å². The zero-order valence-electron chi connectivity index (χ0n) is 10.7. The lowest BCUT2D eigenvalue weighted by Gasteiger charge is -2.23. The summed E-state index contributed by atoms with van der Waals surface area (Å²) in [6.07, 6.45) is 2.22. The fourth-order valence-corrected chi connectivity index (χ4v) is 2.67. The minimum atomic E-state index is -0.0345. The maximum absolute atomic E-state index is 11.9. The SMILES string of the molecule is Cc1cnc(C(C)NC(=O)CC2CNCCO2)s1. The van der Waals surface area contributed by atoms with E-state index in [1.165, 1.54) is 0 Å². The molecule has 0 bridgehead atoms. The molecular formula is C12H19N3O2S. The van der Waals surface area contributed by atoms with Gasteiger partial charge in [0, 0.05) is 24.2 Å². The lowest BCUT2D eigenvalue weighted by molar-refractivity contribution is -0.125. The van der Waals surface area contributed by atoms with Crippen molar-refractivity contribution in [3.63, 3.8) is 0 Å². The summed E-state index contributed by atoms with van der Waals surface area (Å²) in [6.45, 7) is 6.26. The molecule has 18 heavy (non-hydrogen) atoms. The maximum atomic E-state index is 11.9. The van der Waals surface area contributed by atoms with Gasteiger partial charge in [0.25, 0.3) is 0 Å². The van der Waals surface area contributed by atoms with Crippen molar-refractivity contribution < 1.29 is 9.53 Å². The van der Waals surface area contributed by atoms with Crippen LogP contribution in [0.5, 0.6) is 0 Å². The van der Waals surface area contributed by atoms with E-state index in [0.29, 0.717) is 13.0 Å². The van der Waals surface area contributed by atoms with Crippen molar-refractivity contribution in [2.24, 2.45) is 0 Å². The van der Waals surface area contributed by atoms with Gasteiger partial charge >= 0.3 is 0 Å². The van der Waals surface area contributed by atoms with Crippen molar-refractivity contribution in [3.05, 3.63) is 16.1 Å². The lowest BCUT2D eigenvalue weighted by Crippen LogP contribution is -2.41. The summed E-state index contributed by atoms with van der Waals surface area (Å²) in [5, 5.41) is 7.12. The van der Waals surface area contributed by atoms with Crippen molar-refractivity contribution in [1.82, 2.24) is 15.6 Å². The summed E-state index contributed by atoms with van der Waals surface area (Å²) < 4.78 is 5.50. The molecule has 2 rings (SSSR count). The quantitative estimate of drug-likeness (QED) is 0.856. The van der Waals surface area contributed by atoms with E-state index in [2.05, 4.69) is 15.6 Å².